The van der Waals surface area contributed by atoms with Gasteiger partial charge in [-0.3, -0.25) is 4.68 Å². The summed E-state index contributed by atoms with van der Waals surface area (Å²) in [5.41, 5.74) is 2.55. The van der Waals surface area contributed by atoms with E-state index in [0.717, 1.165) is 18.8 Å². The molecule has 0 atom stereocenters. The summed E-state index contributed by atoms with van der Waals surface area (Å²) >= 11 is 0. The lowest BCUT2D eigenvalue weighted by Gasteiger charge is -2.20. The van der Waals surface area contributed by atoms with Gasteiger partial charge in [-0.2, -0.15) is 5.10 Å². The first-order chi connectivity index (χ1) is 9.96. The molecule has 1 aromatic carbocycles. The smallest absolute Gasteiger partial charge is 0.119 e. The van der Waals surface area contributed by atoms with Crippen molar-refractivity contribution in [1.29, 1.82) is 0 Å². The molecule has 4 heteroatoms. The molecule has 0 saturated heterocycles. The zero-order valence-electron chi connectivity index (χ0n) is 13.4. The average molecular weight is 287 g/mol. The van der Waals surface area contributed by atoms with Crippen LogP contribution in [0.4, 0.5) is 0 Å². The van der Waals surface area contributed by atoms with Crippen molar-refractivity contribution in [3.8, 4) is 5.75 Å². The molecular formula is C17H25N3O. The molecular weight excluding hydrogens is 262 g/mol. The molecule has 0 saturated carbocycles. The third-order valence-corrected chi connectivity index (χ3v) is 3.33. The Morgan fingerprint density at radius 3 is 2.57 bits per heavy atom. The van der Waals surface area contributed by atoms with Gasteiger partial charge in [0.1, 0.15) is 12.4 Å². The molecule has 1 aromatic heterocycles. The summed E-state index contributed by atoms with van der Waals surface area (Å²) in [5.74, 6) is 0.900. The van der Waals surface area contributed by atoms with Gasteiger partial charge < -0.3 is 10.1 Å². The second kappa shape index (κ2) is 6.76. The third kappa shape index (κ3) is 4.90. The van der Waals surface area contributed by atoms with Gasteiger partial charge in [0.25, 0.3) is 0 Å². The van der Waals surface area contributed by atoms with Gasteiger partial charge in [0.05, 0.1) is 12.7 Å². The van der Waals surface area contributed by atoms with Gasteiger partial charge in [-0.05, 0) is 39.8 Å². The minimum atomic E-state index is 0.116. The minimum absolute atomic E-state index is 0.116. The predicted molar refractivity (Wildman–Crippen MR) is 85.5 cm³/mol. The summed E-state index contributed by atoms with van der Waals surface area (Å²) in [5, 5.41) is 7.93. The quantitative estimate of drug-likeness (QED) is 0.887. The van der Waals surface area contributed by atoms with E-state index in [0.29, 0.717) is 6.61 Å². The molecule has 2 aromatic rings. The first-order valence-corrected chi connectivity index (χ1v) is 7.40. The number of ether oxygens (including phenoxy) is 1. The Bertz CT molecular complexity index is 555. The predicted octanol–water partition coefficient (Wildman–Crippen LogP) is 3.16. The molecule has 0 bridgehead atoms. The molecule has 1 N–H and O–H groups in total. The van der Waals surface area contributed by atoms with Crippen LogP contribution in [0.5, 0.6) is 5.75 Å². The molecule has 0 aliphatic rings. The third-order valence-electron chi connectivity index (χ3n) is 3.33. The van der Waals surface area contributed by atoms with Gasteiger partial charge >= 0.3 is 0 Å². The second-order valence-corrected chi connectivity index (χ2v) is 6.24. The number of aromatic nitrogens is 2. The monoisotopic (exact) mass is 287 g/mol. The molecule has 4 nitrogen and oxygen atoms in total. The fourth-order valence-corrected chi connectivity index (χ4v) is 2.01. The van der Waals surface area contributed by atoms with Gasteiger partial charge in [0.2, 0.25) is 0 Å². The number of nitrogens with zero attached hydrogens (tertiary/aromatic N) is 2. The Balaban J connectivity index is 1.85. The minimum Gasteiger partial charge on any atom is -0.492 e. The topological polar surface area (TPSA) is 39.1 Å². The van der Waals surface area contributed by atoms with Crippen molar-refractivity contribution in [1.82, 2.24) is 15.1 Å². The van der Waals surface area contributed by atoms with E-state index in [1.807, 2.05) is 41.2 Å². The lowest BCUT2D eigenvalue weighted by atomic mass is 10.1. The van der Waals surface area contributed by atoms with Crippen molar-refractivity contribution in [3.63, 3.8) is 0 Å². The number of hydrogen-bond acceptors (Lipinski definition) is 3. The lowest BCUT2D eigenvalue weighted by Crippen LogP contribution is -2.35. The first-order valence-electron chi connectivity index (χ1n) is 7.40. The van der Waals surface area contributed by atoms with Crippen molar-refractivity contribution in [2.24, 2.45) is 0 Å². The molecule has 2 rings (SSSR count). The maximum atomic E-state index is 5.71. The van der Waals surface area contributed by atoms with Gasteiger partial charge in [0.15, 0.2) is 0 Å². The van der Waals surface area contributed by atoms with Gasteiger partial charge in [-0.25, -0.2) is 0 Å². The number of para-hydroxylation sites is 1. The van der Waals surface area contributed by atoms with Crippen LogP contribution in [0, 0.1) is 6.92 Å². The van der Waals surface area contributed by atoms with Crippen molar-refractivity contribution in [2.45, 2.75) is 46.3 Å². The van der Waals surface area contributed by atoms with E-state index in [1.165, 1.54) is 11.3 Å². The van der Waals surface area contributed by atoms with Crippen LogP contribution in [0.15, 0.2) is 36.5 Å². The summed E-state index contributed by atoms with van der Waals surface area (Å²) in [4.78, 5) is 0. The highest BCUT2D eigenvalue weighted by Gasteiger charge is 2.11. The van der Waals surface area contributed by atoms with Crippen LogP contribution in [-0.2, 0) is 13.1 Å². The van der Waals surface area contributed by atoms with E-state index >= 15 is 0 Å². The van der Waals surface area contributed by atoms with Crippen LogP contribution in [0.25, 0.3) is 0 Å². The van der Waals surface area contributed by atoms with E-state index in [4.69, 9.17) is 4.74 Å². The molecule has 0 amide bonds. The van der Waals surface area contributed by atoms with Crippen molar-refractivity contribution >= 4 is 0 Å². The molecule has 0 aliphatic carbocycles. The highest BCUT2D eigenvalue weighted by molar-refractivity contribution is 5.21. The molecule has 1 heterocycles. The Labute approximate surface area is 127 Å². The van der Waals surface area contributed by atoms with E-state index in [2.05, 4.69) is 38.1 Å². The summed E-state index contributed by atoms with van der Waals surface area (Å²) in [6, 6.07) is 9.87. The van der Waals surface area contributed by atoms with Crippen LogP contribution >= 0.6 is 0 Å². The summed E-state index contributed by atoms with van der Waals surface area (Å²) in [7, 11) is 0. The van der Waals surface area contributed by atoms with Gasteiger partial charge in [0, 0.05) is 23.3 Å². The second-order valence-electron chi connectivity index (χ2n) is 6.24. The molecule has 21 heavy (non-hydrogen) atoms. The maximum Gasteiger partial charge on any atom is 0.119 e. The van der Waals surface area contributed by atoms with Crippen LogP contribution in [0.2, 0.25) is 0 Å². The molecule has 0 unspecified atom stereocenters. The standard InChI is InChI=1S/C17H25N3O/c1-14-15(12-18-17(2,3)4)13-19-20(14)10-11-21-16-8-6-5-7-9-16/h5-9,13,18H,10-12H2,1-4H3. The Hall–Kier alpha value is -1.81. The van der Waals surface area contributed by atoms with E-state index < -0.39 is 0 Å². The molecule has 0 aliphatic heterocycles. The number of rotatable bonds is 6. The Kier molecular flexibility index (Phi) is 5.02. The maximum absolute atomic E-state index is 5.71. The number of benzene rings is 1. The molecule has 114 valence electrons. The highest BCUT2D eigenvalue weighted by atomic mass is 16.5. The highest BCUT2D eigenvalue weighted by Crippen LogP contribution is 2.11. The summed E-state index contributed by atoms with van der Waals surface area (Å²) < 4.78 is 7.71. The number of nitrogens with one attached hydrogen (secondary N) is 1. The van der Waals surface area contributed by atoms with Crippen LogP contribution < -0.4 is 10.1 Å². The van der Waals surface area contributed by atoms with Crippen molar-refractivity contribution < 1.29 is 4.74 Å². The first kappa shape index (κ1) is 15.6. The average Bonchev–Trinajstić information content (AvgIpc) is 2.78. The van der Waals surface area contributed by atoms with Crippen molar-refractivity contribution in [2.75, 3.05) is 6.61 Å². The Morgan fingerprint density at radius 1 is 1.19 bits per heavy atom. The van der Waals surface area contributed by atoms with E-state index in [-0.39, 0.29) is 5.54 Å². The van der Waals surface area contributed by atoms with E-state index in [1.54, 1.807) is 0 Å². The fourth-order valence-electron chi connectivity index (χ4n) is 2.01. The fraction of sp³-hybridized carbons (Fsp3) is 0.471. The lowest BCUT2D eigenvalue weighted by molar-refractivity contribution is 0.289. The van der Waals surface area contributed by atoms with Gasteiger partial charge in [-0.1, -0.05) is 18.2 Å². The zero-order valence-corrected chi connectivity index (χ0v) is 13.4. The number of hydrogen-bond donors (Lipinski definition) is 1. The molecule has 0 fully saturated rings. The van der Waals surface area contributed by atoms with Gasteiger partial charge in [-0.15, -0.1) is 0 Å². The molecule has 0 spiro atoms. The largest absolute Gasteiger partial charge is 0.492 e. The van der Waals surface area contributed by atoms with Crippen LogP contribution in [0.1, 0.15) is 32.0 Å². The van der Waals surface area contributed by atoms with Crippen LogP contribution in [-0.4, -0.2) is 21.9 Å². The summed E-state index contributed by atoms with van der Waals surface area (Å²) in [6.45, 7) is 10.8. The summed E-state index contributed by atoms with van der Waals surface area (Å²) in [6.07, 6.45) is 1.94. The van der Waals surface area contributed by atoms with Crippen LogP contribution in [0.3, 0.4) is 0 Å². The van der Waals surface area contributed by atoms with E-state index in [9.17, 15) is 0 Å². The SMILES string of the molecule is Cc1c(CNC(C)(C)C)cnn1CCOc1ccccc1. The zero-order chi connectivity index (χ0) is 15.3. The van der Waals surface area contributed by atoms with Crippen molar-refractivity contribution in [3.05, 3.63) is 47.8 Å². The Morgan fingerprint density at radius 2 is 1.90 bits per heavy atom. The molecule has 0 radical (unpaired) electrons. The normalized spacial score (nSPS) is 11.6.